The molecule has 0 aliphatic rings. The Labute approximate surface area is 59.3 Å². The lowest BCUT2D eigenvalue weighted by Crippen LogP contribution is -1.96. The van der Waals surface area contributed by atoms with Crippen molar-refractivity contribution in [3.05, 3.63) is 10.3 Å². The first-order valence-corrected chi connectivity index (χ1v) is 4.31. The van der Waals surface area contributed by atoms with Gasteiger partial charge < -0.3 is 0 Å². The maximum atomic E-state index is 10.4. The molecule has 0 aliphatic carbocycles. The molecule has 5 heteroatoms. The van der Waals surface area contributed by atoms with Gasteiger partial charge in [-0.1, -0.05) is 12.6 Å². The Morgan fingerprint density at radius 3 is 2.22 bits per heavy atom. The second-order valence-corrected chi connectivity index (χ2v) is 3.59. The molecule has 9 heavy (non-hydrogen) atoms. The second kappa shape index (κ2) is 2.80. The molecule has 0 aromatic heterocycles. The Morgan fingerprint density at radius 1 is 1.78 bits per heavy atom. The summed E-state index contributed by atoms with van der Waals surface area (Å²) in [4.78, 5) is -0.363. The average molecular weight is 162 g/mol. The third-order valence-electron chi connectivity index (χ3n) is 0.617. The number of hydrogen-bond acceptors (Lipinski definition) is 3. The standard InChI is InChI=1S/C4H4NO2S2/c1-9(6,7)4(2-5)3-8/h3H,1H3. The van der Waals surface area contributed by atoms with E-state index in [0.29, 0.717) is 0 Å². The summed E-state index contributed by atoms with van der Waals surface area (Å²) < 4.78 is 20.9. The van der Waals surface area contributed by atoms with E-state index in [-0.39, 0.29) is 4.91 Å². The molecule has 0 aromatic carbocycles. The van der Waals surface area contributed by atoms with Crippen LogP contribution in [0.2, 0.25) is 0 Å². The highest BCUT2D eigenvalue weighted by Crippen LogP contribution is 2.02. The fraction of sp³-hybridized carbons (Fsp3) is 0.250. The van der Waals surface area contributed by atoms with E-state index in [1.807, 2.05) is 0 Å². The van der Waals surface area contributed by atoms with Gasteiger partial charge in [-0.15, -0.1) is 0 Å². The Hall–Kier alpha value is -0.600. The summed E-state index contributed by atoms with van der Waals surface area (Å²) in [5, 5.41) is 8.95. The number of nitriles is 1. The summed E-state index contributed by atoms with van der Waals surface area (Å²) >= 11 is 4.26. The SMILES string of the molecule is CS(=O)(=O)C(C#N)=C[S]. The minimum Gasteiger partial charge on any atom is -0.223 e. The molecule has 0 amide bonds. The largest absolute Gasteiger partial charge is 0.223 e. The van der Waals surface area contributed by atoms with Crippen molar-refractivity contribution in [2.24, 2.45) is 0 Å². The van der Waals surface area contributed by atoms with Gasteiger partial charge in [0.1, 0.15) is 6.07 Å². The fourth-order valence-corrected chi connectivity index (χ4v) is 1.11. The molecule has 0 N–H and O–H groups in total. The van der Waals surface area contributed by atoms with Crippen LogP contribution in [0, 0.1) is 11.3 Å². The predicted molar refractivity (Wildman–Crippen MR) is 36.1 cm³/mol. The van der Waals surface area contributed by atoms with Gasteiger partial charge in [0.15, 0.2) is 14.7 Å². The van der Waals surface area contributed by atoms with Crippen molar-refractivity contribution in [2.45, 2.75) is 0 Å². The van der Waals surface area contributed by atoms with E-state index in [1.54, 1.807) is 0 Å². The number of rotatable bonds is 1. The maximum absolute atomic E-state index is 10.4. The molecule has 0 fully saturated rings. The Kier molecular flexibility index (Phi) is 2.62. The predicted octanol–water partition coefficient (Wildman–Crippen LogP) is 0.593. The molecule has 49 valence electrons. The monoisotopic (exact) mass is 162 g/mol. The van der Waals surface area contributed by atoms with Crippen molar-refractivity contribution in [3.8, 4) is 6.07 Å². The summed E-state index contributed by atoms with van der Waals surface area (Å²) in [7, 11) is -3.37. The minimum atomic E-state index is -3.37. The fourth-order valence-electron chi connectivity index (χ4n) is 0.197. The van der Waals surface area contributed by atoms with Crippen LogP contribution in [0.4, 0.5) is 0 Å². The molecule has 0 heterocycles. The first-order chi connectivity index (χ1) is 4.02. The third-order valence-corrected chi connectivity index (χ3v) is 2.01. The molecule has 0 unspecified atom stereocenters. The van der Waals surface area contributed by atoms with Crippen LogP contribution in [0.15, 0.2) is 10.3 Å². The van der Waals surface area contributed by atoms with Gasteiger partial charge in [0.05, 0.1) is 0 Å². The van der Waals surface area contributed by atoms with Gasteiger partial charge >= 0.3 is 0 Å². The molecular formula is C4H4NO2S2. The zero-order valence-corrected chi connectivity index (χ0v) is 6.29. The van der Waals surface area contributed by atoms with Gasteiger partial charge in [-0.3, -0.25) is 0 Å². The molecule has 0 saturated carbocycles. The molecule has 0 saturated heterocycles. The zero-order valence-electron chi connectivity index (χ0n) is 4.66. The summed E-state index contributed by atoms with van der Waals surface area (Å²) in [6.45, 7) is 0. The zero-order chi connectivity index (χ0) is 7.49. The molecule has 0 bridgehead atoms. The van der Waals surface area contributed by atoms with Gasteiger partial charge in [0.2, 0.25) is 0 Å². The summed E-state index contributed by atoms with van der Waals surface area (Å²) in [5.74, 6) is 0. The van der Waals surface area contributed by atoms with Gasteiger partial charge in [-0.05, 0) is 0 Å². The molecule has 0 rings (SSSR count). The molecular weight excluding hydrogens is 158 g/mol. The topological polar surface area (TPSA) is 57.9 Å². The van der Waals surface area contributed by atoms with Gasteiger partial charge in [-0.25, -0.2) is 8.42 Å². The van der Waals surface area contributed by atoms with E-state index in [0.717, 1.165) is 11.7 Å². The van der Waals surface area contributed by atoms with Crippen LogP contribution in [-0.4, -0.2) is 14.7 Å². The number of hydrogen-bond donors (Lipinski definition) is 0. The van der Waals surface area contributed by atoms with Crippen LogP contribution in [-0.2, 0) is 9.84 Å². The molecule has 0 atom stereocenters. The van der Waals surface area contributed by atoms with Crippen molar-refractivity contribution in [3.63, 3.8) is 0 Å². The van der Waals surface area contributed by atoms with Crippen LogP contribution in [0.5, 0.6) is 0 Å². The molecule has 0 aromatic rings. The number of sulfone groups is 1. The Bertz CT molecular complexity index is 257. The summed E-state index contributed by atoms with van der Waals surface area (Å²) in [6.07, 6.45) is 0.939. The quantitative estimate of drug-likeness (QED) is 0.530. The smallest absolute Gasteiger partial charge is 0.186 e. The number of nitrogens with zero attached hydrogens (tertiary/aromatic N) is 1. The Morgan fingerprint density at radius 2 is 2.22 bits per heavy atom. The van der Waals surface area contributed by atoms with Crippen LogP contribution in [0.3, 0.4) is 0 Å². The summed E-state index contributed by atoms with van der Waals surface area (Å²) in [6, 6.07) is 1.46. The van der Waals surface area contributed by atoms with Crippen LogP contribution >= 0.6 is 12.6 Å². The van der Waals surface area contributed by atoms with Crippen molar-refractivity contribution < 1.29 is 8.42 Å². The van der Waals surface area contributed by atoms with Crippen molar-refractivity contribution >= 4 is 22.5 Å². The van der Waals surface area contributed by atoms with E-state index in [9.17, 15) is 8.42 Å². The van der Waals surface area contributed by atoms with Crippen LogP contribution in [0.25, 0.3) is 0 Å². The molecule has 0 aliphatic heterocycles. The lowest BCUT2D eigenvalue weighted by Gasteiger charge is -1.87. The van der Waals surface area contributed by atoms with Crippen LogP contribution in [0.1, 0.15) is 0 Å². The van der Waals surface area contributed by atoms with E-state index < -0.39 is 9.84 Å². The highest BCUT2D eigenvalue weighted by Gasteiger charge is 2.07. The lowest BCUT2D eigenvalue weighted by atomic mass is 10.7. The average Bonchev–Trinajstić information content (AvgIpc) is 1.65. The van der Waals surface area contributed by atoms with Crippen molar-refractivity contribution in [2.75, 3.05) is 6.26 Å². The second-order valence-electron chi connectivity index (χ2n) is 1.37. The molecule has 3 nitrogen and oxygen atoms in total. The van der Waals surface area contributed by atoms with Crippen molar-refractivity contribution in [1.82, 2.24) is 0 Å². The minimum absolute atomic E-state index is 0.363. The van der Waals surface area contributed by atoms with E-state index >= 15 is 0 Å². The first-order valence-electron chi connectivity index (χ1n) is 1.94. The van der Waals surface area contributed by atoms with Gasteiger partial charge in [-0.2, -0.15) is 5.26 Å². The number of allylic oxidation sites excluding steroid dienone is 1. The van der Waals surface area contributed by atoms with Gasteiger partial charge in [0.25, 0.3) is 0 Å². The third kappa shape index (κ3) is 2.44. The molecule has 0 spiro atoms. The summed E-state index contributed by atoms with van der Waals surface area (Å²) in [5.41, 5.74) is 0. The maximum Gasteiger partial charge on any atom is 0.186 e. The van der Waals surface area contributed by atoms with Crippen molar-refractivity contribution in [1.29, 1.82) is 5.26 Å². The lowest BCUT2D eigenvalue weighted by molar-refractivity contribution is 0.608. The van der Waals surface area contributed by atoms with Gasteiger partial charge in [0, 0.05) is 11.7 Å². The van der Waals surface area contributed by atoms with E-state index in [2.05, 4.69) is 12.6 Å². The Balaban J connectivity index is 4.85. The molecule has 1 radical (unpaired) electrons. The highest BCUT2D eigenvalue weighted by molar-refractivity contribution is 7.95. The van der Waals surface area contributed by atoms with Crippen LogP contribution < -0.4 is 0 Å². The van der Waals surface area contributed by atoms with E-state index in [1.165, 1.54) is 6.07 Å². The normalized spacial score (nSPS) is 12.7. The highest BCUT2D eigenvalue weighted by atomic mass is 32.2. The first kappa shape index (κ1) is 8.40. The van der Waals surface area contributed by atoms with E-state index in [4.69, 9.17) is 5.26 Å².